The summed E-state index contributed by atoms with van der Waals surface area (Å²) in [6, 6.07) is 0. The number of nitrogens with two attached hydrogens (primary N) is 1. The first-order valence-corrected chi connectivity index (χ1v) is 7.40. The summed E-state index contributed by atoms with van der Waals surface area (Å²) in [5.41, 5.74) is 7.74. The van der Waals surface area contributed by atoms with Crippen LogP contribution in [0, 0.1) is 18.3 Å². The molecule has 4 heteroatoms. The summed E-state index contributed by atoms with van der Waals surface area (Å²) in [6.45, 7) is 4.77. The van der Waals surface area contributed by atoms with Gasteiger partial charge in [-0.1, -0.05) is 13.3 Å². The second kappa shape index (κ2) is 5.63. The van der Waals surface area contributed by atoms with Gasteiger partial charge in [0.1, 0.15) is 0 Å². The number of aliphatic hydroxyl groups is 1. The molecule has 4 nitrogen and oxygen atoms in total. The van der Waals surface area contributed by atoms with Crippen molar-refractivity contribution in [2.24, 2.45) is 24.1 Å². The molecular formula is C15H27N3O. The molecule has 108 valence electrons. The molecule has 1 atom stereocenters. The van der Waals surface area contributed by atoms with Crippen molar-refractivity contribution in [3.05, 3.63) is 17.5 Å². The van der Waals surface area contributed by atoms with Crippen molar-refractivity contribution in [3.8, 4) is 0 Å². The predicted octanol–water partition coefficient (Wildman–Crippen LogP) is 2.31. The second-order valence-corrected chi connectivity index (χ2v) is 6.16. The Bertz CT molecular complexity index is 419. The van der Waals surface area contributed by atoms with E-state index in [0.717, 1.165) is 30.0 Å². The summed E-state index contributed by atoms with van der Waals surface area (Å²) < 4.78 is 1.77. The molecule has 0 radical (unpaired) electrons. The van der Waals surface area contributed by atoms with Crippen LogP contribution in [0.3, 0.4) is 0 Å². The van der Waals surface area contributed by atoms with Crippen LogP contribution < -0.4 is 5.73 Å². The number of hydrogen-bond acceptors (Lipinski definition) is 3. The van der Waals surface area contributed by atoms with E-state index in [1.807, 2.05) is 20.2 Å². The van der Waals surface area contributed by atoms with Crippen molar-refractivity contribution in [2.45, 2.75) is 52.1 Å². The van der Waals surface area contributed by atoms with Gasteiger partial charge in [-0.15, -0.1) is 0 Å². The van der Waals surface area contributed by atoms with Crippen LogP contribution in [-0.4, -0.2) is 21.4 Å². The van der Waals surface area contributed by atoms with Gasteiger partial charge in [-0.25, -0.2) is 0 Å². The molecule has 3 N–H and O–H groups in total. The van der Waals surface area contributed by atoms with Crippen molar-refractivity contribution >= 4 is 0 Å². The van der Waals surface area contributed by atoms with Gasteiger partial charge in [0.2, 0.25) is 0 Å². The molecule has 1 fully saturated rings. The summed E-state index contributed by atoms with van der Waals surface area (Å²) in [6.07, 6.45) is 7.11. The molecule has 1 aliphatic carbocycles. The molecule has 1 saturated carbocycles. The lowest BCUT2D eigenvalue weighted by molar-refractivity contribution is -0.0107. The third-order valence-corrected chi connectivity index (χ3v) is 5.01. The van der Waals surface area contributed by atoms with E-state index < -0.39 is 6.10 Å². The van der Waals surface area contributed by atoms with Gasteiger partial charge in [-0.05, 0) is 38.5 Å². The molecule has 1 heterocycles. The molecule has 1 aliphatic rings. The molecule has 0 spiro atoms. The van der Waals surface area contributed by atoms with Gasteiger partial charge in [-0.2, -0.15) is 5.10 Å². The van der Waals surface area contributed by atoms with E-state index in [-0.39, 0.29) is 5.41 Å². The maximum atomic E-state index is 10.8. The number of aromatic nitrogens is 2. The summed E-state index contributed by atoms with van der Waals surface area (Å²) in [5, 5.41) is 15.2. The lowest BCUT2D eigenvalue weighted by Gasteiger charge is -2.42. The Balaban J connectivity index is 2.20. The first-order valence-electron chi connectivity index (χ1n) is 7.40. The topological polar surface area (TPSA) is 64.1 Å². The minimum Gasteiger partial charge on any atom is -0.388 e. The molecule has 19 heavy (non-hydrogen) atoms. The smallest absolute Gasteiger partial charge is 0.0891 e. The van der Waals surface area contributed by atoms with Crippen LogP contribution in [0.5, 0.6) is 0 Å². The molecule has 0 bridgehead atoms. The van der Waals surface area contributed by atoms with Crippen molar-refractivity contribution in [1.29, 1.82) is 0 Å². The highest BCUT2D eigenvalue weighted by atomic mass is 16.3. The normalized spacial score (nSPS) is 29.4. The van der Waals surface area contributed by atoms with Crippen LogP contribution in [0.15, 0.2) is 6.20 Å². The first-order chi connectivity index (χ1) is 9.02. The fourth-order valence-corrected chi connectivity index (χ4v) is 3.47. The van der Waals surface area contributed by atoms with E-state index in [1.54, 1.807) is 4.68 Å². The van der Waals surface area contributed by atoms with Crippen molar-refractivity contribution < 1.29 is 5.11 Å². The van der Waals surface area contributed by atoms with Crippen molar-refractivity contribution in [1.82, 2.24) is 9.78 Å². The minimum atomic E-state index is -0.482. The maximum Gasteiger partial charge on any atom is 0.0891 e. The molecule has 2 rings (SSSR count). The average molecular weight is 265 g/mol. The van der Waals surface area contributed by atoms with Gasteiger partial charge >= 0.3 is 0 Å². The zero-order chi connectivity index (χ0) is 14.0. The molecule has 1 unspecified atom stereocenters. The predicted molar refractivity (Wildman–Crippen MR) is 76.6 cm³/mol. The van der Waals surface area contributed by atoms with E-state index in [1.165, 1.54) is 19.3 Å². The number of nitrogens with zero attached hydrogens (tertiary/aromatic N) is 2. The Morgan fingerprint density at radius 3 is 2.58 bits per heavy atom. The molecule has 1 aromatic heterocycles. The highest BCUT2D eigenvalue weighted by Gasteiger charge is 2.41. The zero-order valence-corrected chi connectivity index (χ0v) is 12.4. The number of aliphatic hydroxyl groups excluding tert-OH is 1. The van der Waals surface area contributed by atoms with Gasteiger partial charge in [-0.3, -0.25) is 4.68 Å². The van der Waals surface area contributed by atoms with E-state index >= 15 is 0 Å². The molecule has 1 aromatic rings. The number of hydrogen-bond donors (Lipinski definition) is 2. The molecule has 0 saturated heterocycles. The lowest BCUT2D eigenvalue weighted by Crippen LogP contribution is -2.40. The van der Waals surface area contributed by atoms with Gasteiger partial charge in [0.25, 0.3) is 0 Å². The van der Waals surface area contributed by atoms with Crippen molar-refractivity contribution in [3.63, 3.8) is 0 Å². The average Bonchev–Trinajstić information content (AvgIpc) is 2.77. The molecule has 0 aliphatic heterocycles. The highest BCUT2D eigenvalue weighted by Crippen LogP contribution is 2.47. The Kier molecular flexibility index (Phi) is 4.31. The molecular weight excluding hydrogens is 238 g/mol. The minimum absolute atomic E-state index is 0.153. The maximum absolute atomic E-state index is 10.8. The van der Waals surface area contributed by atoms with Gasteiger partial charge in [0, 0.05) is 30.8 Å². The van der Waals surface area contributed by atoms with Gasteiger partial charge in [0.15, 0.2) is 0 Å². The third kappa shape index (κ3) is 2.70. The zero-order valence-electron chi connectivity index (χ0n) is 12.4. The number of rotatable bonds is 4. The van der Waals surface area contributed by atoms with Crippen LogP contribution in [0.25, 0.3) is 0 Å². The summed E-state index contributed by atoms with van der Waals surface area (Å²) >= 11 is 0. The Labute approximate surface area is 116 Å². The Hall–Kier alpha value is -0.870. The van der Waals surface area contributed by atoms with Crippen LogP contribution in [0.2, 0.25) is 0 Å². The fraction of sp³-hybridized carbons (Fsp3) is 0.800. The molecule has 0 aromatic carbocycles. The SMILES string of the molecule is CCC1CCC(CN)(C(O)c2cn(C)nc2C)CC1. The van der Waals surface area contributed by atoms with Gasteiger partial charge < -0.3 is 10.8 Å². The summed E-state index contributed by atoms with van der Waals surface area (Å²) in [5.74, 6) is 0.807. The first kappa shape index (κ1) is 14.5. The van der Waals surface area contributed by atoms with Crippen LogP contribution in [0.4, 0.5) is 0 Å². The fourth-order valence-electron chi connectivity index (χ4n) is 3.47. The third-order valence-electron chi connectivity index (χ3n) is 5.01. The monoisotopic (exact) mass is 265 g/mol. The Morgan fingerprint density at radius 2 is 2.16 bits per heavy atom. The van der Waals surface area contributed by atoms with E-state index in [2.05, 4.69) is 12.0 Å². The Morgan fingerprint density at radius 1 is 1.53 bits per heavy atom. The van der Waals surface area contributed by atoms with Crippen molar-refractivity contribution in [2.75, 3.05) is 6.54 Å². The second-order valence-electron chi connectivity index (χ2n) is 6.16. The van der Waals surface area contributed by atoms with Crippen LogP contribution >= 0.6 is 0 Å². The van der Waals surface area contributed by atoms with E-state index in [0.29, 0.717) is 6.54 Å². The highest BCUT2D eigenvalue weighted by molar-refractivity contribution is 5.21. The van der Waals surface area contributed by atoms with E-state index in [4.69, 9.17) is 5.73 Å². The van der Waals surface area contributed by atoms with Crippen LogP contribution in [0.1, 0.15) is 56.4 Å². The molecule has 0 amide bonds. The largest absolute Gasteiger partial charge is 0.388 e. The quantitative estimate of drug-likeness (QED) is 0.878. The number of aryl methyl sites for hydroxylation is 2. The summed E-state index contributed by atoms with van der Waals surface area (Å²) in [7, 11) is 1.90. The van der Waals surface area contributed by atoms with E-state index in [9.17, 15) is 5.11 Å². The van der Waals surface area contributed by atoms with Gasteiger partial charge in [0.05, 0.1) is 11.8 Å². The lowest BCUT2D eigenvalue weighted by atomic mass is 9.65. The summed E-state index contributed by atoms with van der Waals surface area (Å²) in [4.78, 5) is 0. The standard InChI is InChI=1S/C15H27N3O/c1-4-12-5-7-15(10-16,8-6-12)14(19)13-9-18(3)17-11(13)2/h9,12,14,19H,4-8,10,16H2,1-3H3. The van der Waals surface area contributed by atoms with Crippen LogP contribution in [-0.2, 0) is 7.05 Å².